The summed E-state index contributed by atoms with van der Waals surface area (Å²) in [6.07, 6.45) is 3.82. The zero-order valence-corrected chi connectivity index (χ0v) is 19.4. The van der Waals surface area contributed by atoms with E-state index in [1.165, 1.54) is 34.1 Å². The number of aliphatic hydroxyl groups is 1. The van der Waals surface area contributed by atoms with E-state index in [1.54, 1.807) is 4.68 Å². The Labute approximate surface area is 200 Å². The van der Waals surface area contributed by atoms with E-state index in [0.29, 0.717) is 42.2 Å². The molecule has 35 heavy (non-hydrogen) atoms. The fourth-order valence-electron chi connectivity index (χ4n) is 4.83. The number of nitrogens with zero attached hydrogens (tertiary/aromatic N) is 5. The fraction of sp³-hybridized carbons (Fsp3) is 0.360. The average Bonchev–Trinajstić information content (AvgIpc) is 3.63. The number of hydrogen-bond acceptors (Lipinski definition) is 7. The van der Waals surface area contributed by atoms with Crippen molar-refractivity contribution in [1.82, 2.24) is 29.6 Å². The van der Waals surface area contributed by atoms with E-state index in [0.717, 1.165) is 25.2 Å². The standard InChI is InChI=1S/C25H26FN7O2/c1-2-32-23(35)18-13-28-24(29-17-4-3-16-12-27-10-7-15(16)11-17)31-22(18)33(32)20-6-5-19(26)21(30-20)25(14-34)8-9-25/h3-6,11,13,27,34H,2,7-10,12,14H2,1H3,(H,28,29,31). The Morgan fingerprint density at radius 1 is 1.20 bits per heavy atom. The molecule has 0 atom stereocenters. The fourth-order valence-corrected chi connectivity index (χ4v) is 4.83. The van der Waals surface area contributed by atoms with E-state index in [9.17, 15) is 14.3 Å². The minimum Gasteiger partial charge on any atom is -0.395 e. The van der Waals surface area contributed by atoms with Crippen LogP contribution in [0.15, 0.2) is 41.3 Å². The van der Waals surface area contributed by atoms with Gasteiger partial charge >= 0.3 is 0 Å². The van der Waals surface area contributed by atoms with Gasteiger partial charge in [0, 0.05) is 30.4 Å². The summed E-state index contributed by atoms with van der Waals surface area (Å²) in [7, 11) is 0. The van der Waals surface area contributed by atoms with Crippen LogP contribution in [-0.4, -0.2) is 42.6 Å². The van der Waals surface area contributed by atoms with Gasteiger partial charge in [-0.25, -0.2) is 23.7 Å². The van der Waals surface area contributed by atoms with Crippen LogP contribution in [0, 0.1) is 5.82 Å². The van der Waals surface area contributed by atoms with Gasteiger partial charge in [-0.2, -0.15) is 4.98 Å². The number of nitrogens with one attached hydrogen (secondary N) is 2. The van der Waals surface area contributed by atoms with Crippen LogP contribution >= 0.6 is 0 Å². The number of hydrogen-bond donors (Lipinski definition) is 3. The SMILES string of the molecule is CCn1c(=O)c2cnc(Nc3ccc4c(c3)CCNC4)nc2n1-c1ccc(F)c(C2(CO)CC2)n1. The molecule has 180 valence electrons. The van der Waals surface area contributed by atoms with Crippen LogP contribution < -0.4 is 16.2 Å². The zero-order chi connectivity index (χ0) is 24.2. The topological polar surface area (TPSA) is 110 Å². The largest absolute Gasteiger partial charge is 0.395 e. The third-order valence-electron chi connectivity index (χ3n) is 7.03. The van der Waals surface area contributed by atoms with Gasteiger partial charge in [-0.05, 0) is 68.1 Å². The van der Waals surface area contributed by atoms with Gasteiger partial charge in [0.1, 0.15) is 11.2 Å². The average molecular weight is 476 g/mol. The quantitative estimate of drug-likeness (QED) is 0.393. The molecule has 3 aromatic heterocycles. The number of aliphatic hydroxyl groups excluding tert-OH is 1. The molecule has 0 unspecified atom stereocenters. The van der Waals surface area contributed by atoms with Gasteiger partial charge < -0.3 is 15.7 Å². The second-order valence-corrected chi connectivity index (χ2v) is 9.24. The molecule has 1 aliphatic carbocycles. The maximum Gasteiger partial charge on any atom is 0.278 e. The summed E-state index contributed by atoms with van der Waals surface area (Å²) in [5.74, 6) is 0.271. The van der Waals surface area contributed by atoms with E-state index in [1.807, 2.05) is 13.0 Å². The maximum absolute atomic E-state index is 14.6. The lowest BCUT2D eigenvalue weighted by Gasteiger charge is -2.18. The highest BCUT2D eigenvalue weighted by molar-refractivity contribution is 5.77. The lowest BCUT2D eigenvalue weighted by Crippen LogP contribution is -2.23. The monoisotopic (exact) mass is 475 g/mol. The highest BCUT2D eigenvalue weighted by Crippen LogP contribution is 2.47. The van der Waals surface area contributed by atoms with Crippen LogP contribution in [0.4, 0.5) is 16.0 Å². The Bertz CT molecular complexity index is 1510. The number of halogens is 1. The molecule has 1 fully saturated rings. The summed E-state index contributed by atoms with van der Waals surface area (Å²) < 4.78 is 17.8. The molecule has 9 nitrogen and oxygen atoms in total. The van der Waals surface area contributed by atoms with Crippen molar-refractivity contribution in [3.63, 3.8) is 0 Å². The third-order valence-corrected chi connectivity index (χ3v) is 7.03. The molecule has 0 radical (unpaired) electrons. The molecule has 0 bridgehead atoms. The number of rotatable bonds is 6. The Kier molecular flexibility index (Phi) is 5.15. The van der Waals surface area contributed by atoms with Crippen LogP contribution in [0.5, 0.6) is 0 Å². The summed E-state index contributed by atoms with van der Waals surface area (Å²) in [5.41, 5.74) is 3.15. The van der Waals surface area contributed by atoms with Crippen LogP contribution in [0.3, 0.4) is 0 Å². The van der Waals surface area contributed by atoms with E-state index in [2.05, 4.69) is 37.7 Å². The van der Waals surface area contributed by atoms with Gasteiger partial charge in [-0.15, -0.1) is 0 Å². The maximum atomic E-state index is 14.6. The van der Waals surface area contributed by atoms with Gasteiger partial charge in [0.15, 0.2) is 11.5 Å². The van der Waals surface area contributed by atoms with Crippen molar-refractivity contribution in [2.75, 3.05) is 18.5 Å². The molecule has 6 rings (SSSR count). The molecular formula is C25H26FN7O2. The summed E-state index contributed by atoms with van der Waals surface area (Å²) in [6, 6.07) is 9.05. The zero-order valence-electron chi connectivity index (χ0n) is 19.4. The second-order valence-electron chi connectivity index (χ2n) is 9.24. The Hall–Kier alpha value is -3.63. The van der Waals surface area contributed by atoms with E-state index in [-0.39, 0.29) is 17.9 Å². The van der Waals surface area contributed by atoms with Crippen molar-refractivity contribution in [3.05, 3.63) is 69.5 Å². The van der Waals surface area contributed by atoms with Crippen molar-refractivity contribution in [1.29, 1.82) is 0 Å². The minimum atomic E-state index is -0.649. The smallest absolute Gasteiger partial charge is 0.278 e. The molecule has 1 aromatic carbocycles. The van der Waals surface area contributed by atoms with E-state index < -0.39 is 11.2 Å². The van der Waals surface area contributed by atoms with Crippen molar-refractivity contribution >= 4 is 22.7 Å². The molecule has 0 saturated heterocycles. The predicted octanol–water partition coefficient (Wildman–Crippen LogP) is 2.55. The molecule has 1 aliphatic heterocycles. The number of aromatic nitrogens is 5. The first kappa shape index (κ1) is 21.9. The first-order valence-corrected chi connectivity index (χ1v) is 11.9. The number of pyridine rings is 1. The predicted molar refractivity (Wildman–Crippen MR) is 130 cm³/mol. The molecular weight excluding hydrogens is 449 g/mol. The Morgan fingerprint density at radius 2 is 2.06 bits per heavy atom. The van der Waals surface area contributed by atoms with Gasteiger partial charge in [-0.3, -0.25) is 4.79 Å². The minimum absolute atomic E-state index is 0.166. The first-order chi connectivity index (χ1) is 17.0. The highest BCUT2D eigenvalue weighted by Gasteiger charge is 2.47. The molecule has 10 heteroatoms. The highest BCUT2D eigenvalue weighted by atomic mass is 19.1. The molecule has 4 heterocycles. The summed E-state index contributed by atoms with van der Waals surface area (Å²) in [4.78, 5) is 26.7. The number of benzene rings is 1. The van der Waals surface area contributed by atoms with Gasteiger partial charge in [0.25, 0.3) is 5.56 Å². The van der Waals surface area contributed by atoms with Crippen molar-refractivity contribution < 1.29 is 9.50 Å². The van der Waals surface area contributed by atoms with E-state index in [4.69, 9.17) is 0 Å². The normalized spacial score (nSPS) is 16.3. The third kappa shape index (κ3) is 3.60. The lowest BCUT2D eigenvalue weighted by atomic mass is 10.0. The Balaban J connectivity index is 1.45. The molecule has 2 aliphatic rings. The molecule has 0 spiro atoms. The van der Waals surface area contributed by atoms with Crippen LogP contribution in [0.25, 0.3) is 16.9 Å². The summed E-state index contributed by atoms with van der Waals surface area (Å²) >= 11 is 0. The van der Waals surface area contributed by atoms with E-state index >= 15 is 0 Å². The van der Waals surface area contributed by atoms with Gasteiger partial charge in [0.2, 0.25) is 5.95 Å². The van der Waals surface area contributed by atoms with Crippen LogP contribution in [-0.2, 0) is 24.9 Å². The summed E-state index contributed by atoms with van der Waals surface area (Å²) in [5, 5.41) is 16.8. The molecule has 0 amide bonds. The van der Waals surface area contributed by atoms with Gasteiger partial charge in [0.05, 0.1) is 12.3 Å². The van der Waals surface area contributed by atoms with Crippen molar-refractivity contribution in [2.45, 2.75) is 44.7 Å². The molecule has 1 saturated carbocycles. The lowest BCUT2D eigenvalue weighted by molar-refractivity contribution is 0.249. The van der Waals surface area contributed by atoms with Crippen molar-refractivity contribution in [3.8, 4) is 5.82 Å². The molecule has 3 N–H and O–H groups in total. The Morgan fingerprint density at radius 3 is 2.83 bits per heavy atom. The second kappa shape index (κ2) is 8.24. The molecule has 4 aromatic rings. The number of anilines is 2. The number of fused-ring (bicyclic) bond motifs is 2. The summed E-state index contributed by atoms with van der Waals surface area (Å²) in [6.45, 7) is 3.86. The van der Waals surface area contributed by atoms with Gasteiger partial charge in [-0.1, -0.05) is 6.07 Å². The van der Waals surface area contributed by atoms with Crippen LogP contribution in [0.1, 0.15) is 36.6 Å². The van der Waals surface area contributed by atoms with Crippen molar-refractivity contribution in [2.24, 2.45) is 0 Å². The van der Waals surface area contributed by atoms with Crippen LogP contribution in [0.2, 0.25) is 0 Å². The first-order valence-electron chi connectivity index (χ1n) is 11.9.